The first-order chi connectivity index (χ1) is 9.76. The van der Waals surface area contributed by atoms with Crippen LogP contribution in [-0.2, 0) is 6.42 Å². The fraction of sp³-hybridized carbons (Fsp3) is 0.188. The predicted octanol–water partition coefficient (Wildman–Crippen LogP) is 4.31. The molecule has 3 rings (SSSR count). The molecule has 2 aromatic carbocycles. The topological polar surface area (TPSA) is 47.9 Å². The number of hydrogen-bond donors (Lipinski definition) is 2. The number of halogens is 1. The summed E-state index contributed by atoms with van der Waals surface area (Å²) in [4.78, 5) is 0. The lowest BCUT2D eigenvalue weighted by atomic mass is 10.0. The summed E-state index contributed by atoms with van der Waals surface area (Å²) >= 11 is 5.91. The van der Waals surface area contributed by atoms with E-state index in [9.17, 15) is 0 Å². The van der Waals surface area contributed by atoms with E-state index < -0.39 is 0 Å². The van der Waals surface area contributed by atoms with E-state index >= 15 is 0 Å². The Morgan fingerprint density at radius 3 is 2.95 bits per heavy atom. The van der Waals surface area contributed by atoms with Gasteiger partial charge in [0.1, 0.15) is 6.07 Å². The molecule has 2 N–H and O–H groups in total. The van der Waals surface area contributed by atoms with Crippen LogP contribution in [0.5, 0.6) is 0 Å². The lowest BCUT2D eigenvalue weighted by molar-refractivity contribution is 0.830. The van der Waals surface area contributed by atoms with Crippen molar-refractivity contribution >= 4 is 28.7 Å². The van der Waals surface area contributed by atoms with Crippen molar-refractivity contribution in [3.63, 3.8) is 0 Å². The van der Waals surface area contributed by atoms with Gasteiger partial charge in [0, 0.05) is 22.9 Å². The number of nitrogens with zero attached hydrogens (tertiary/aromatic N) is 1. The Kier molecular flexibility index (Phi) is 3.49. The first-order valence-corrected chi connectivity index (χ1v) is 6.97. The Labute approximate surface area is 123 Å². The molecule has 0 spiro atoms. The third kappa shape index (κ3) is 2.56. The van der Waals surface area contributed by atoms with Crippen LogP contribution in [0.4, 0.5) is 17.1 Å². The molecular weight excluding hydrogens is 270 g/mol. The van der Waals surface area contributed by atoms with Crippen LogP contribution in [0, 0.1) is 11.3 Å². The Morgan fingerprint density at radius 1 is 1.20 bits per heavy atom. The minimum atomic E-state index is 0.549. The fourth-order valence-corrected chi connectivity index (χ4v) is 2.60. The monoisotopic (exact) mass is 283 g/mol. The van der Waals surface area contributed by atoms with Crippen LogP contribution in [0.3, 0.4) is 0 Å². The van der Waals surface area contributed by atoms with E-state index in [-0.39, 0.29) is 0 Å². The summed E-state index contributed by atoms with van der Waals surface area (Å²) in [7, 11) is 0. The van der Waals surface area contributed by atoms with E-state index in [1.807, 2.05) is 12.1 Å². The number of hydrogen-bond acceptors (Lipinski definition) is 3. The van der Waals surface area contributed by atoms with Crippen molar-refractivity contribution in [2.24, 2.45) is 0 Å². The highest BCUT2D eigenvalue weighted by Gasteiger charge is 2.09. The second kappa shape index (κ2) is 5.44. The summed E-state index contributed by atoms with van der Waals surface area (Å²) in [5.41, 5.74) is 4.84. The van der Waals surface area contributed by atoms with Gasteiger partial charge >= 0.3 is 0 Å². The lowest BCUT2D eigenvalue weighted by Crippen LogP contribution is -2.11. The van der Waals surface area contributed by atoms with Gasteiger partial charge in [0.25, 0.3) is 0 Å². The number of rotatable bonds is 2. The summed E-state index contributed by atoms with van der Waals surface area (Å²) in [5, 5.41) is 16.4. The molecule has 0 saturated carbocycles. The first kappa shape index (κ1) is 12.8. The van der Waals surface area contributed by atoms with Crippen LogP contribution in [0.15, 0.2) is 36.4 Å². The van der Waals surface area contributed by atoms with Crippen molar-refractivity contribution in [1.82, 2.24) is 0 Å². The molecule has 3 nitrogen and oxygen atoms in total. The van der Waals surface area contributed by atoms with Gasteiger partial charge in [-0.15, -0.1) is 0 Å². The van der Waals surface area contributed by atoms with Crippen LogP contribution in [0.25, 0.3) is 0 Å². The Bertz CT molecular complexity index is 689. The maximum absolute atomic E-state index is 9.15. The van der Waals surface area contributed by atoms with Gasteiger partial charge in [-0.05, 0) is 54.8 Å². The van der Waals surface area contributed by atoms with Gasteiger partial charge in [-0.3, -0.25) is 0 Å². The minimum absolute atomic E-state index is 0.549. The summed E-state index contributed by atoms with van der Waals surface area (Å²) in [6.45, 7) is 1.04. The molecule has 2 aromatic rings. The summed E-state index contributed by atoms with van der Waals surface area (Å²) in [6.07, 6.45) is 2.24. The Balaban J connectivity index is 1.90. The van der Waals surface area contributed by atoms with Crippen molar-refractivity contribution in [2.75, 3.05) is 17.2 Å². The van der Waals surface area contributed by atoms with E-state index in [1.54, 1.807) is 12.1 Å². The number of fused-ring (bicyclic) bond motifs is 1. The summed E-state index contributed by atoms with van der Waals surface area (Å²) in [5.74, 6) is 0. The zero-order valence-corrected chi connectivity index (χ0v) is 11.7. The van der Waals surface area contributed by atoms with Gasteiger partial charge in [-0.2, -0.15) is 5.26 Å². The molecule has 0 saturated heterocycles. The van der Waals surface area contributed by atoms with E-state index in [2.05, 4.69) is 28.8 Å². The van der Waals surface area contributed by atoms with Crippen LogP contribution < -0.4 is 10.6 Å². The lowest BCUT2D eigenvalue weighted by Gasteiger charge is -2.19. The third-order valence-corrected chi connectivity index (χ3v) is 3.66. The fourth-order valence-electron chi connectivity index (χ4n) is 2.43. The van der Waals surface area contributed by atoms with Gasteiger partial charge in [-0.1, -0.05) is 11.6 Å². The number of nitrogens with one attached hydrogen (secondary N) is 2. The zero-order valence-electron chi connectivity index (χ0n) is 10.9. The third-order valence-electron chi connectivity index (χ3n) is 3.42. The van der Waals surface area contributed by atoms with Crippen molar-refractivity contribution in [3.8, 4) is 6.07 Å². The Hall–Kier alpha value is -2.18. The molecule has 1 aliphatic rings. The summed E-state index contributed by atoms with van der Waals surface area (Å²) in [6, 6.07) is 13.7. The van der Waals surface area contributed by atoms with Gasteiger partial charge in [0.2, 0.25) is 0 Å². The van der Waals surface area contributed by atoms with E-state index in [4.69, 9.17) is 16.9 Å². The van der Waals surface area contributed by atoms with E-state index in [1.165, 1.54) is 11.3 Å². The standard InChI is InChI=1S/C16H14ClN3/c17-13-3-5-16(12(8-13)10-18)20-14-4-6-15-11(9-14)2-1-7-19-15/h3-6,8-9,19-20H,1-2,7H2. The molecule has 1 aliphatic heterocycles. The first-order valence-electron chi connectivity index (χ1n) is 6.60. The SMILES string of the molecule is N#Cc1cc(Cl)ccc1Nc1ccc2c(c1)CCCN2. The largest absolute Gasteiger partial charge is 0.385 e. The van der Waals surface area contributed by atoms with Crippen LogP contribution in [0.1, 0.15) is 17.5 Å². The Morgan fingerprint density at radius 2 is 2.10 bits per heavy atom. The second-order valence-electron chi connectivity index (χ2n) is 4.83. The smallest absolute Gasteiger partial charge is 0.101 e. The van der Waals surface area contributed by atoms with Gasteiger partial charge in [0.15, 0.2) is 0 Å². The minimum Gasteiger partial charge on any atom is -0.385 e. The number of anilines is 3. The normalized spacial score (nSPS) is 13.0. The average molecular weight is 284 g/mol. The van der Waals surface area contributed by atoms with Crippen molar-refractivity contribution in [2.45, 2.75) is 12.8 Å². The molecule has 100 valence electrons. The molecule has 0 fully saturated rings. The molecule has 0 aromatic heterocycles. The molecule has 0 aliphatic carbocycles. The van der Waals surface area contributed by atoms with Crippen molar-refractivity contribution in [1.29, 1.82) is 5.26 Å². The highest BCUT2D eigenvalue weighted by Crippen LogP contribution is 2.28. The molecule has 4 heteroatoms. The summed E-state index contributed by atoms with van der Waals surface area (Å²) < 4.78 is 0. The molecular formula is C16H14ClN3. The van der Waals surface area contributed by atoms with Crippen molar-refractivity contribution in [3.05, 3.63) is 52.5 Å². The molecule has 0 atom stereocenters. The zero-order chi connectivity index (χ0) is 13.9. The molecule has 20 heavy (non-hydrogen) atoms. The molecule has 0 radical (unpaired) electrons. The quantitative estimate of drug-likeness (QED) is 0.863. The molecule has 0 bridgehead atoms. The van der Waals surface area contributed by atoms with Crippen LogP contribution in [-0.4, -0.2) is 6.54 Å². The predicted molar refractivity (Wildman–Crippen MR) is 82.7 cm³/mol. The second-order valence-corrected chi connectivity index (χ2v) is 5.27. The van der Waals surface area contributed by atoms with Crippen molar-refractivity contribution < 1.29 is 0 Å². The molecule has 1 heterocycles. The molecule has 0 amide bonds. The number of aryl methyl sites for hydroxylation is 1. The maximum atomic E-state index is 9.15. The van der Waals surface area contributed by atoms with Gasteiger partial charge in [-0.25, -0.2) is 0 Å². The average Bonchev–Trinajstić information content (AvgIpc) is 2.49. The number of benzene rings is 2. The van der Waals surface area contributed by atoms with Crippen LogP contribution >= 0.6 is 11.6 Å². The highest BCUT2D eigenvalue weighted by molar-refractivity contribution is 6.30. The van der Waals surface area contributed by atoms with E-state index in [0.717, 1.165) is 30.8 Å². The number of nitriles is 1. The van der Waals surface area contributed by atoms with Crippen LogP contribution in [0.2, 0.25) is 5.02 Å². The van der Waals surface area contributed by atoms with Gasteiger partial charge in [0.05, 0.1) is 11.3 Å². The maximum Gasteiger partial charge on any atom is 0.101 e. The van der Waals surface area contributed by atoms with Gasteiger partial charge < -0.3 is 10.6 Å². The van der Waals surface area contributed by atoms with E-state index in [0.29, 0.717) is 10.6 Å². The highest BCUT2D eigenvalue weighted by atomic mass is 35.5. The molecule has 0 unspecified atom stereocenters.